The number of benzene rings is 1. The molecule has 5 heteroatoms. The molecule has 0 N–H and O–H groups in total. The Kier molecular flexibility index (Phi) is 3.47. The van der Waals surface area contributed by atoms with Crippen molar-refractivity contribution in [2.75, 3.05) is 11.4 Å². The number of hydrogen-bond acceptors (Lipinski definition) is 4. The Hall–Kier alpha value is -2.43. The second-order valence-electron chi connectivity index (χ2n) is 7.34. The average Bonchev–Trinajstić information content (AvgIpc) is 2.68. The first-order valence-electron chi connectivity index (χ1n) is 9.37. The van der Waals surface area contributed by atoms with E-state index in [4.69, 9.17) is 5.10 Å². The van der Waals surface area contributed by atoms with Crippen molar-refractivity contribution in [2.45, 2.75) is 44.6 Å². The summed E-state index contributed by atoms with van der Waals surface area (Å²) in [6.45, 7) is 1.04. The van der Waals surface area contributed by atoms with Crippen LogP contribution >= 0.6 is 0 Å². The normalized spacial score (nSPS) is 23.8. The van der Waals surface area contributed by atoms with Crippen molar-refractivity contribution in [3.8, 4) is 0 Å². The number of fused-ring (bicyclic) bond motifs is 3. The van der Waals surface area contributed by atoms with Crippen LogP contribution in [0, 0.1) is 5.92 Å². The number of para-hydroxylation sites is 1. The number of piperidine rings is 1. The van der Waals surface area contributed by atoms with Crippen LogP contribution in [0.25, 0.3) is 16.6 Å². The van der Waals surface area contributed by atoms with Gasteiger partial charge in [-0.2, -0.15) is 4.52 Å². The fourth-order valence-electron chi connectivity index (χ4n) is 4.69. The SMILES string of the molecule is O=c1c2ccccc2nc2ccc(N3CCC[C@@H]4CCCC[C@H]43)nn12. The smallest absolute Gasteiger partial charge is 0.282 e. The number of anilines is 1. The van der Waals surface area contributed by atoms with Crippen LogP contribution in [0.3, 0.4) is 0 Å². The quantitative estimate of drug-likeness (QED) is 0.640. The molecule has 5 rings (SSSR count). The van der Waals surface area contributed by atoms with E-state index in [2.05, 4.69) is 9.88 Å². The van der Waals surface area contributed by atoms with Crippen molar-refractivity contribution >= 4 is 22.4 Å². The van der Waals surface area contributed by atoms with E-state index >= 15 is 0 Å². The van der Waals surface area contributed by atoms with Crippen LogP contribution in [0.15, 0.2) is 41.2 Å². The highest BCUT2D eigenvalue weighted by molar-refractivity contribution is 5.79. The van der Waals surface area contributed by atoms with Gasteiger partial charge in [-0.3, -0.25) is 4.79 Å². The number of aromatic nitrogens is 3. The summed E-state index contributed by atoms with van der Waals surface area (Å²) in [5.41, 5.74) is 1.26. The van der Waals surface area contributed by atoms with Crippen molar-refractivity contribution in [3.05, 3.63) is 46.8 Å². The number of rotatable bonds is 1. The van der Waals surface area contributed by atoms with Crippen LogP contribution in [-0.4, -0.2) is 27.2 Å². The van der Waals surface area contributed by atoms with Crippen molar-refractivity contribution in [1.82, 2.24) is 14.6 Å². The Morgan fingerprint density at radius 3 is 2.76 bits per heavy atom. The first-order valence-corrected chi connectivity index (χ1v) is 9.37. The van der Waals surface area contributed by atoms with Gasteiger partial charge in [0, 0.05) is 12.6 Å². The highest BCUT2D eigenvalue weighted by Crippen LogP contribution is 2.37. The predicted molar refractivity (Wildman–Crippen MR) is 99.1 cm³/mol. The van der Waals surface area contributed by atoms with Crippen LogP contribution in [-0.2, 0) is 0 Å². The molecule has 5 nitrogen and oxygen atoms in total. The predicted octanol–water partition coefficient (Wildman–Crippen LogP) is 3.40. The molecule has 0 unspecified atom stereocenters. The third-order valence-electron chi connectivity index (χ3n) is 5.90. The summed E-state index contributed by atoms with van der Waals surface area (Å²) in [5, 5.41) is 5.33. The van der Waals surface area contributed by atoms with Crippen LogP contribution in [0.5, 0.6) is 0 Å². The van der Waals surface area contributed by atoms with E-state index in [1.165, 1.54) is 43.0 Å². The van der Waals surface area contributed by atoms with Crippen molar-refractivity contribution in [1.29, 1.82) is 0 Å². The van der Waals surface area contributed by atoms with Crippen LogP contribution in [0.4, 0.5) is 5.82 Å². The van der Waals surface area contributed by atoms with Gasteiger partial charge >= 0.3 is 0 Å². The zero-order valence-corrected chi connectivity index (χ0v) is 14.3. The lowest BCUT2D eigenvalue weighted by Crippen LogP contribution is -2.47. The maximum absolute atomic E-state index is 12.8. The monoisotopic (exact) mass is 334 g/mol. The molecule has 2 fully saturated rings. The van der Waals surface area contributed by atoms with Gasteiger partial charge in [0.25, 0.3) is 5.56 Å². The average molecular weight is 334 g/mol. The molecule has 2 aliphatic rings. The lowest BCUT2D eigenvalue weighted by Gasteiger charge is -2.44. The first-order chi connectivity index (χ1) is 12.3. The Morgan fingerprint density at radius 1 is 0.960 bits per heavy atom. The van der Waals surface area contributed by atoms with Gasteiger partial charge in [0.15, 0.2) is 5.65 Å². The molecule has 2 aromatic heterocycles. The van der Waals surface area contributed by atoms with Crippen LogP contribution in [0.2, 0.25) is 0 Å². The van der Waals surface area contributed by atoms with Crippen molar-refractivity contribution < 1.29 is 0 Å². The molecule has 1 aromatic carbocycles. The number of nitrogens with zero attached hydrogens (tertiary/aromatic N) is 4. The minimum absolute atomic E-state index is 0.0837. The maximum Gasteiger partial charge on any atom is 0.282 e. The molecule has 1 aliphatic carbocycles. The molecular weight excluding hydrogens is 312 g/mol. The first kappa shape index (κ1) is 14.9. The Balaban J connectivity index is 1.63. The summed E-state index contributed by atoms with van der Waals surface area (Å²) in [6, 6.07) is 12.0. The van der Waals surface area contributed by atoms with E-state index in [1.807, 2.05) is 36.4 Å². The third-order valence-corrected chi connectivity index (χ3v) is 5.90. The molecule has 0 radical (unpaired) electrons. The Labute approximate surface area is 146 Å². The highest BCUT2D eigenvalue weighted by atomic mass is 16.1. The Bertz CT molecular complexity index is 994. The summed E-state index contributed by atoms with van der Waals surface area (Å²) >= 11 is 0. The van der Waals surface area contributed by atoms with E-state index < -0.39 is 0 Å². The number of hydrogen-bond donors (Lipinski definition) is 0. The molecule has 1 saturated carbocycles. The molecule has 25 heavy (non-hydrogen) atoms. The van der Waals surface area contributed by atoms with Crippen LogP contribution < -0.4 is 10.5 Å². The molecular formula is C20H22N4O. The van der Waals surface area contributed by atoms with Gasteiger partial charge in [-0.05, 0) is 55.9 Å². The molecule has 1 saturated heterocycles. The highest BCUT2D eigenvalue weighted by Gasteiger charge is 2.34. The molecule has 0 spiro atoms. The van der Waals surface area contributed by atoms with Gasteiger partial charge in [-0.15, -0.1) is 5.10 Å². The molecule has 2 atom stereocenters. The Morgan fingerprint density at radius 2 is 1.80 bits per heavy atom. The summed E-state index contributed by atoms with van der Waals surface area (Å²) in [5.74, 6) is 1.70. The summed E-state index contributed by atoms with van der Waals surface area (Å²) < 4.78 is 1.48. The molecule has 128 valence electrons. The van der Waals surface area contributed by atoms with Gasteiger partial charge in [-0.25, -0.2) is 4.98 Å². The molecule has 3 heterocycles. The fraction of sp³-hybridized carbons (Fsp3) is 0.450. The molecule has 1 aliphatic heterocycles. The van der Waals surface area contributed by atoms with Gasteiger partial charge < -0.3 is 4.90 Å². The van der Waals surface area contributed by atoms with E-state index in [-0.39, 0.29) is 5.56 Å². The van der Waals surface area contributed by atoms with Gasteiger partial charge in [-0.1, -0.05) is 25.0 Å². The second-order valence-corrected chi connectivity index (χ2v) is 7.34. The lowest BCUT2D eigenvalue weighted by molar-refractivity contribution is 0.242. The second kappa shape index (κ2) is 5.83. The van der Waals surface area contributed by atoms with Crippen molar-refractivity contribution in [3.63, 3.8) is 0 Å². The van der Waals surface area contributed by atoms with Gasteiger partial charge in [0.05, 0.1) is 10.9 Å². The van der Waals surface area contributed by atoms with Gasteiger partial charge in [0.1, 0.15) is 5.82 Å². The molecule has 0 bridgehead atoms. The summed E-state index contributed by atoms with van der Waals surface area (Å²) in [6.07, 6.45) is 7.79. The van der Waals surface area contributed by atoms with Gasteiger partial charge in [0.2, 0.25) is 0 Å². The molecule has 0 amide bonds. The maximum atomic E-state index is 12.8. The zero-order valence-electron chi connectivity index (χ0n) is 14.3. The minimum atomic E-state index is -0.0837. The van der Waals surface area contributed by atoms with E-state index in [0.717, 1.165) is 23.8 Å². The minimum Gasteiger partial charge on any atom is -0.352 e. The molecule has 3 aromatic rings. The standard InChI is InChI=1S/C20H22N4O/c25-20-15-8-2-3-9-16(15)21-18-11-12-19(22-24(18)20)23-13-5-7-14-6-1-4-10-17(14)23/h2-3,8-9,11-12,14,17H,1,4-7,10,13H2/t14-,17+/m0/s1. The third kappa shape index (κ3) is 2.41. The van der Waals surface area contributed by atoms with E-state index in [1.54, 1.807) is 0 Å². The van der Waals surface area contributed by atoms with E-state index in [0.29, 0.717) is 17.1 Å². The lowest BCUT2D eigenvalue weighted by atomic mass is 9.78. The van der Waals surface area contributed by atoms with Crippen LogP contribution in [0.1, 0.15) is 38.5 Å². The summed E-state index contributed by atoms with van der Waals surface area (Å²) in [7, 11) is 0. The topological polar surface area (TPSA) is 50.5 Å². The zero-order chi connectivity index (χ0) is 16.8. The van der Waals surface area contributed by atoms with Crippen molar-refractivity contribution in [2.24, 2.45) is 5.92 Å². The van der Waals surface area contributed by atoms with E-state index in [9.17, 15) is 4.79 Å². The largest absolute Gasteiger partial charge is 0.352 e. The fourth-order valence-corrected chi connectivity index (χ4v) is 4.69. The summed E-state index contributed by atoms with van der Waals surface area (Å²) in [4.78, 5) is 19.9.